The van der Waals surface area contributed by atoms with E-state index in [1.54, 1.807) is 23.5 Å². The molecule has 1 N–H and O–H groups in total. The molecule has 0 spiro atoms. The first kappa shape index (κ1) is 16.1. The van der Waals surface area contributed by atoms with Gasteiger partial charge in [0.15, 0.2) is 0 Å². The van der Waals surface area contributed by atoms with Gasteiger partial charge in [0.25, 0.3) is 0 Å². The molecular formula is C17H23FN2S. The maximum absolute atomic E-state index is 13.5. The van der Waals surface area contributed by atoms with Crippen LogP contribution in [0.3, 0.4) is 0 Å². The molecule has 0 aliphatic rings. The molecule has 1 aromatic heterocycles. The van der Waals surface area contributed by atoms with Gasteiger partial charge < -0.3 is 5.32 Å². The summed E-state index contributed by atoms with van der Waals surface area (Å²) in [6, 6.07) is 6.94. The lowest BCUT2D eigenvalue weighted by Crippen LogP contribution is -2.23. The van der Waals surface area contributed by atoms with Gasteiger partial charge in [0, 0.05) is 23.8 Å². The Labute approximate surface area is 130 Å². The predicted octanol–water partition coefficient (Wildman–Crippen LogP) is 4.22. The van der Waals surface area contributed by atoms with E-state index >= 15 is 0 Å². The van der Waals surface area contributed by atoms with Crippen molar-refractivity contribution in [2.75, 3.05) is 13.1 Å². The first-order valence-electron chi connectivity index (χ1n) is 7.49. The van der Waals surface area contributed by atoms with Crippen molar-refractivity contribution in [3.63, 3.8) is 0 Å². The van der Waals surface area contributed by atoms with E-state index in [0.29, 0.717) is 0 Å². The Kier molecular flexibility index (Phi) is 5.88. The van der Waals surface area contributed by atoms with Crippen molar-refractivity contribution in [3.05, 3.63) is 51.2 Å². The van der Waals surface area contributed by atoms with Gasteiger partial charge in [-0.15, -0.1) is 11.3 Å². The molecule has 114 valence electrons. The van der Waals surface area contributed by atoms with Crippen LogP contribution in [-0.2, 0) is 6.42 Å². The highest BCUT2D eigenvalue weighted by Crippen LogP contribution is 2.25. The number of hydrogen-bond acceptors (Lipinski definition) is 3. The normalized spacial score (nSPS) is 12.6. The van der Waals surface area contributed by atoms with Gasteiger partial charge >= 0.3 is 0 Å². The SMILES string of the molecule is CCCNCC(Cc1nc(C)c(C)s1)c1cccc(F)c1. The zero-order valence-corrected chi connectivity index (χ0v) is 13.8. The summed E-state index contributed by atoms with van der Waals surface area (Å²) in [5.41, 5.74) is 2.15. The van der Waals surface area contributed by atoms with Crippen LogP contribution in [0.2, 0.25) is 0 Å². The lowest BCUT2D eigenvalue weighted by molar-refractivity contribution is 0.568. The van der Waals surface area contributed by atoms with Crippen LogP contribution in [0.5, 0.6) is 0 Å². The number of thiazole rings is 1. The molecule has 4 heteroatoms. The highest BCUT2D eigenvalue weighted by atomic mass is 32.1. The molecule has 0 bridgehead atoms. The molecule has 0 saturated carbocycles. The van der Waals surface area contributed by atoms with Crippen LogP contribution in [0.15, 0.2) is 24.3 Å². The summed E-state index contributed by atoms with van der Waals surface area (Å²) in [6.07, 6.45) is 1.96. The van der Waals surface area contributed by atoms with E-state index in [1.165, 1.54) is 10.9 Å². The number of halogens is 1. The average Bonchev–Trinajstić information content (AvgIpc) is 2.76. The highest BCUT2D eigenvalue weighted by molar-refractivity contribution is 7.11. The zero-order chi connectivity index (χ0) is 15.2. The fraction of sp³-hybridized carbons (Fsp3) is 0.471. The number of nitrogens with one attached hydrogen (secondary N) is 1. The number of hydrogen-bond donors (Lipinski definition) is 1. The maximum atomic E-state index is 13.5. The van der Waals surface area contributed by atoms with Crippen molar-refractivity contribution in [3.8, 4) is 0 Å². The van der Waals surface area contributed by atoms with Gasteiger partial charge in [0.2, 0.25) is 0 Å². The van der Waals surface area contributed by atoms with E-state index in [1.807, 2.05) is 13.0 Å². The number of nitrogens with zero attached hydrogens (tertiary/aromatic N) is 1. The number of aryl methyl sites for hydroxylation is 2. The third kappa shape index (κ3) is 4.61. The molecule has 2 nitrogen and oxygen atoms in total. The van der Waals surface area contributed by atoms with E-state index in [-0.39, 0.29) is 11.7 Å². The zero-order valence-electron chi connectivity index (χ0n) is 12.9. The minimum absolute atomic E-state index is 0.167. The first-order chi connectivity index (χ1) is 10.1. The summed E-state index contributed by atoms with van der Waals surface area (Å²) in [7, 11) is 0. The number of rotatable bonds is 7. The highest BCUT2D eigenvalue weighted by Gasteiger charge is 2.15. The second-order valence-electron chi connectivity index (χ2n) is 5.41. The fourth-order valence-corrected chi connectivity index (χ4v) is 3.37. The molecule has 0 fully saturated rings. The van der Waals surface area contributed by atoms with E-state index in [4.69, 9.17) is 0 Å². The average molecular weight is 306 g/mol. The smallest absolute Gasteiger partial charge is 0.123 e. The van der Waals surface area contributed by atoms with Crippen molar-refractivity contribution in [2.24, 2.45) is 0 Å². The summed E-state index contributed by atoms with van der Waals surface area (Å²) in [4.78, 5) is 5.89. The van der Waals surface area contributed by atoms with Gasteiger partial charge in [-0.1, -0.05) is 19.1 Å². The predicted molar refractivity (Wildman–Crippen MR) is 87.6 cm³/mol. The van der Waals surface area contributed by atoms with E-state index in [2.05, 4.69) is 24.1 Å². The standard InChI is InChI=1S/C17H23FN2S/c1-4-8-19-11-15(14-6-5-7-16(18)9-14)10-17-20-12(2)13(3)21-17/h5-7,9,15,19H,4,8,10-11H2,1-3H3. The molecule has 2 aromatic rings. The molecule has 0 saturated heterocycles. The lowest BCUT2D eigenvalue weighted by atomic mass is 9.95. The Morgan fingerprint density at radius 3 is 2.76 bits per heavy atom. The van der Waals surface area contributed by atoms with Gasteiger partial charge in [0.1, 0.15) is 5.82 Å². The molecule has 21 heavy (non-hydrogen) atoms. The van der Waals surface area contributed by atoms with Gasteiger partial charge in [-0.2, -0.15) is 0 Å². The van der Waals surface area contributed by atoms with Crippen molar-refractivity contribution >= 4 is 11.3 Å². The summed E-state index contributed by atoms with van der Waals surface area (Å²) in [6.45, 7) is 8.14. The van der Waals surface area contributed by atoms with Crippen LogP contribution >= 0.6 is 11.3 Å². The lowest BCUT2D eigenvalue weighted by Gasteiger charge is -2.17. The maximum Gasteiger partial charge on any atom is 0.123 e. The van der Waals surface area contributed by atoms with Crippen LogP contribution in [-0.4, -0.2) is 18.1 Å². The van der Waals surface area contributed by atoms with Crippen molar-refractivity contribution in [1.29, 1.82) is 0 Å². The molecule has 1 heterocycles. The minimum Gasteiger partial charge on any atom is -0.316 e. The van der Waals surface area contributed by atoms with Crippen molar-refractivity contribution in [2.45, 2.75) is 39.5 Å². The topological polar surface area (TPSA) is 24.9 Å². The Balaban J connectivity index is 2.15. The van der Waals surface area contributed by atoms with E-state index in [0.717, 1.165) is 42.2 Å². The first-order valence-corrected chi connectivity index (χ1v) is 8.31. The van der Waals surface area contributed by atoms with Gasteiger partial charge in [-0.3, -0.25) is 0 Å². The molecule has 0 aliphatic carbocycles. The molecule has 0 amide bonds. The van der Waals surface area contributed by atoms with Crippen LogP contribution in [0.1, 0.15) is 40.4 Å². The summed E-state index contributed by atoms with van der Waals surface area (Å²) >= 11 is 1.75. The molecular weight excluding hydrogens is 283 g/mol. The fourth-order valence-electron chi connectivity index (χ4n) is 2.36. The van der Waals surface area contributed by atoms with Gasteiger partial charge in [-0.05, 0) is 44.5 Å². The largest absolute Gasteiger partial charge is 0.316 e. The van der Waals surface area contributed by atoms with Crippen molar-refractivity contribution < 1.29 is 4.39 Å². The summed E-state index contributed by atoms with van der Waals surface area (Å²) < 4.78 is 13.5. The number of aromatic nitrogens is 1. The van der Waals surface area contributed by atoms with Gasteiger partial charge in [-0.25, -0.2) is 9.37 Å². The van der Waals surface area contributed by atoms with E-state index < -0.39 is 0 Å². The Hall–Kier alpha value is -1.26. The monoisotopic (exact) mass is 306 g/mol. The summed E-state index contributed by atoms with van der Waals surface area (Å²) in [5.74, 6) is 0.0942. The van der Waals surface area contributed by atoms with Crippen LogP contribution in [0.25, 0.3) is 0 Å². The van der Waals surface area contributed by atoms with Crippen LogP contribution in [0.4, 0.5) is 4.39 Å². The third-order valence-electron chi connectivity index (χ3n) is 3.63. The van der Waals surface area contributed by atoms with E-state index in [9.17, 15) is 4.39 Å². The molecule has 1 atom stereocenters. The molecule has 1 unspecified atom stereocenters. The van der Waals surface area contributed by atoms with Crippen LogP contribution in [0, 0.1) is 19.7 Å². The Morgan fingerprint density at radius 1 is 1.33 bits per heavy atom. The second kappa shape index (κ2) is 7.66. The molecule has 0 radical (unpaired) electrons. The minimum atomic E-state index is -0.167. The Bertz CT molecular complexity index is 560. The quantitative estimate of drug-likeness (QED) is 0.775. The molecule has 1 aromatic carbocycles. The second-order valence-corrected chi connectivity index (χ2v) is 6.70. The van der Waals surface area contributed by atoms with Gasteiger partial charge in [0.05, 0.1) is 10.7 Å². The third-order valence-corrected chi connectivity index (χ3v) is 4.73. The Morgan fingerprint density at radius 2 is 2.14 bits per heavy atom. The molecule has 2 rings (SSSR count). The van der Waals surface area contributed by atoms with Crippen LogP contribution < -0.4 is 5.32 Å². The summed E-state index contributed by atoms with van der Waals surface area (Å²) in [5, 5.41) is 4.59. The van der Waals surface area contributed by atoms with Crippen molar-refractivity contribution in [1.82, 2.24) is 10.3 Å². The molecule has 0 aliphatic heterocycles. The number of benzene rings is 1.